The third-order valence-electron chi connectivity index (χ3n) is 3.47. The van der Waals surface area contributed by atoms with Gasteiger partial charge >= 0.3 is 0 Å². The predicted octanol–water partition coefficient (Wildman–Crippen LogP) is 2.84. The summed E-state index contributed by atoms with van der Waals surface area (Å²) in [5.74, 6) is 1.25. The fourth-order valence-corrected chi connectivity index (χ4v) is 4.09. The van der Waals surface area contributed by atoms with Gasteiger partial charge in [0.05, 0.1) is 11.7 Å². The van der Waals surface area contributed by atoms with Gasteiger partial charge < -0.3 is 10.1 Å². The van der Waals surface area contributed by atoms with Crippen molar-refractivity contribution >= 4 is 15.7 Å². The van der Waals surface area contributed by atoms with Crippen LogP contribution in [0.15, 0.2) is 23.1 Å². The largest absolute Gasteiger partial charge is 0.490 e. The van der Waals surface area contributed by atoms with E-state index in [1.54, 1.807) is 12.1 Å². The number of rotatable bonds is 5. The van der Waals surface area contributed by atoms with E-state index in [9.17, 15) is 8.42 Å². The first-order valence-corrected chi connectivity index (χ1v) is 9.30. The van der Waals surface area contributed by atoms with Crippen molar-refractivity contribution in [1.82, 2.24) is 4.72 Å². The first-order chi connectivity index (χ1) is 10.3. The van der Waals surface area contributed by atoms with E-state index < -0.39 is 10.0 Å². The molecule has 1 aliphatic heterocycles. The molecule has 0 fully saturated rings. The van der Waals surface area contributed by atoms with Crippen LogP contribution < -0.4 is 14.8 Å². The summed E-state index contributed by atoms with van der Waals surface area (Å²) < 4.78 is 34.0. The molecular weight excluding hydrogens is 300 g/mol. The molecule has 124 valence electrons. The average Bonchev–Trinajstić information content (AvgIpc) is 2.53. The van der Waals surface area contributed by atoms with Crippen LogP contribution in [0.5, 0.6) is 5.75 Å². The lowest BCUT2D eigenvalue weighted by atomic mass is 10.1. The zero-order valence-corrected chi connectivity index (χ0v) is 14.5. The van der Waals surface area contributed by atoms with Crippen LogP contribution in [0.2, 0.25) is 0 Å². The minimum absolute atomic E-state index is 0.199. The van der Waals surface area contributed by atoms with Gasteiger partial charge in [0.1, 0.15) is 17.3 Å². The van der Waals surface area contributed by atoms with Gasteiger partial charge in [-0.3, -0.25) is 0 Å². The maximum atomic E-state index is 12.7. The standard InChI is InChI=1S/C16H26N2O3S/c1-11(2)8-13-10-21-15-7-5-6-14(17-9-12(3)4)16(15)22(19,20)18-13/h5-7,11-13,17-18H,8-10H2,1-4H3/t13-/m1/s1. The van der Waals surface area contributed by atoms with Gasteiger partial charge in [-0.2, -0.15) is 0 Å². The van der Waals surface area contributed by atoms with E-state index in [0.29, 0.717) is 36.4 Å². The summed E-state index contributed by atoms with van der Waals surface area (Å²) in [6, 6.07) is 5.12. The van der Waals surface area contributed by atoms with E-state index in [0.717, 1.165) is 6.42 Å². The number of benzene rings is 1. The molecule has 22 heavy (non-hydrogen) atoms. The van der Waals surface area contributed by atoms with Gasteiger partial charge in [0, 0.05) is 6.54 Å². The molecule has 2 rings (SSSR count). The Morgan fingerprint density at radius 2 is 2.00 bits per heavy atom. The molecule has 0 aliphatic carbocycles. The number of nitrogens with one attached hydrogen (secondary N) is 2. The second kappa shape index (κ2) is 6.87. The number of hydrogen-bond acceptors (Lipinski definition) is 4. The number of hydrogen-bond donors (Lipinski definition) is 2. The SMILES string of the molecule is CC(C)CNc1cccc2c1S(=O)(=O)N[C@H](CC(C)C)CO2. The Balaban J connectivity index is 2.34. The highest BCUT2D eigenvalue weighted by Gasteiger charge is 2.31. The molecule has 0 saturated carbocycles. The van der Waals surface area contributed by atoms with Gasteiger partial charge in [0.2, 0.25) is 10.0 Å². The van der Waals surface area contributed by atoms with Crippen LogP contribution in [0.25, 0.3) is 0 Å². The first-order valence-electron chi connectivity index (χ1n) is 7.81. The highest BCUT2D eigenvalue weighted by Crippen LogP contribution is 2.34. The van der Waals surface area contributed by atoms with Crippen LogP contribution in [0.4, 0.5) is 5.69 Å². The third kappa shape index (κ3) is 4.14. The zero-order valence-electron chi connectivity index (χ0n) is 13.7. The normalized spacial score (nSPS) is 20.4. The molecule has 2 N–H and O–H groups in total. The minimum Gasteiger partial charge on any atom is -0.490 e. The molecule has 6 heteroatoms. The molecule has 1 aromatic carbocycles. The summed E-state index contributed by atoms with van der Waals surface area (Å²) in [6.45, 7) is 9.37. The second-order valence-corrected chi connectivity index (χ2v) is 8.32. The highest BCUT2D eigenvalue weighted by molar-refractivity contribution is 7.89. The Kier molecular flexibility index (Phi) is 5.34. The van der Waals surface area contributed by atoms with Crippen LogP contribution in [0.3, 0.4) is 0 Å². The van der Waals surface area contributed by atoms with Gasteiger partial charge in [0.25, 0.3) is 0 Å². The summed E-state index contributed by atoms with van der Waals surface area (Å²) >= 11 is 0. The lowest BCUT2D eigenvalue weighted by molar-refractivity contribution is 0.262. The maximum absolute atomic E-state index is 12.7. The van der Waals surface area contributed by atoms with Crippen LogP contribution in [-0.2, 0) is 10.0 Å². The Labute approximate surface area is 133 Å². The van der Waals surface area contributed by atoms with Crippen LogP contribution in [0, 0.1) is 11.8 Å². The maximum Gasteiger partial charge on any atom is 0.246 e. The molecule has 5 nitrogen and oxygen atoms in total. The van der Waals surface area contributed by atoms with E-state index in [1.165, 1.54) is 0 Å². The monoisotopic (exact) mass is 326 g/mol. The lowest BCUT2D eigenvalue weighted by Crippen LogP contribution is -2.37. The highest BCUT2D eigenvalue weighted by atomic mass is 32.2. The number of fused-ring (bicyclic) bond motifs is 1. The van der Waals surface area contributed by atoms with Gasteiger partial charge in [-0.25, -0.2) is 13.1 Å². The molecule has 0 radical (unpaired) electrons. The summed E-state index contributed by atoms with van der Waals surface area (Å²) in [5.41, 5.74) is 0.601. The quantitative estimate of drug-likeness (QED) is 0.873. The zero-order chi connectivity index (χ0) is 16.3. The van der Waals surface area contributed by atoms with Crippen molar-refractivity contribution in [2.75, 3.05) is 18.5 Å². The molecule has 0 unspecified atom stereocenters. The van der Waals surface area contributed by atoms with E-state index in [1.807, 2.05) is 6.07 Å². The molecule has 0 spiro atoms. The van der Waals surface area contributed by atoms with Gasteiger partial charge in [-0.15, -0.1) is 0 Å². The Morgan fingerprint density at radius 1 is 1.27 bits per heavy atom. The predicted molar refractivity (Wildman–Crippen MR) is 88.8 cm³/mol. The third-order valence-corrected chi connectivity index (χ3v) is 5.07. The van der Waals surface area contributed by atoms with E-state index in [4.69, 9.17) is 4.74 Å². The lowest BCUT2D eigenvalue weighted by Gasteiger charge is -2.17. The number of sulfonamides is 1. The fourth-order valence-electron chi connectivity index (χ4n) is 2.55. The molecule has 0 aromatic heterocycles. The topological polar surface area (TPSA) is 67.4 Å². The minimum atomic E-state index is -3.59. The van der Waals surface area contributed by atoms with Crippen molar-refractivity contribution in [3.05, 3.63) is 18.2 Å². The first kappa shape index (κ1) is 17.1. The van der Waals surface area contributed by atoms with Crippen LogP contribution in [0.1, 0.15) is 34.1 Å². The van der Waals surface area contributed by atoms with E-state index in [2.05, 4.69) is 37.7 Å². The Hall–Kier alpha value is -1.27. The molecule has 1 atom stereocenters. The summed E-state index contributed by atoms with van der Waals surface area (Å²) in [5, 5.41) is 3.21. The molecule has 0 bridgehead atoms. The Morgan fingerprint density at radius 3 is 2.64 bits per heavy atom. The molecule has 1 aliphatic rings. The summed E-state index contributed by atoms with van der Waals surface area (Å²) in [4.78, 5) is 0.224. The summed E-state index contributed by atoms with van der Waals surface area (Å²) in [7, 11) is -3.59. The van der Waals surface area contributed by atoms with Gasteiger partial charge in [0.15, 0.2) is 0 Å². The van der Waals surface area contributed by atoms with Crippen molar-refractivity contribution < 1.29 is 13.2 Å². The van der Waals surface area contributed by atoms with Gasteiger partial charge in [-0.05, 0) is 30.4 Å². The average molecular weight is 326 g/mol. The second-order valence-electron chi connectivity index (χ2n) is 6.67. The molecule has 1 heterocycles. The molecule has 0 saturated heterocycles. The summed E-state index contributed by atoms with van der Waals surface area (Å²) in [6.07, 6.45) is 0.752. The van der Waals surface area contributed by atoms with Crippen molar-refractivity contribution in [2.45, 2.75) is 45.1 Å². The smallest absolute Gasteiger partial charge is 0.246 e. The van der Waals surface area contributed by atoms with Crippen LogP contribution >= 0.6 is 0 Å². The Bertz CT molecular complexity index is 612. The van der Waals surface area contributed by atoms with Crippen molar-refractivity contribution in [3.8, 4) is 5.75 Å². The molecule has 1 aromatic rings. The van der Waals surface area contributed by atoms with Crippen LogP contribution in [-0.4, -0.2) is 27.6 Å². The number of ether oxygens (including phenoxy) is 1. The molecular formula is C16H26N2O3S. The number of anilines is 1. The van der Waals surface area contributed by atoms with Gasteiger partial charge in [-0.1, -0.05) is 33.8 Å². The van der Waals surface area contributed by atoms with Crippen molar-refractivity contribution in [3.63, 3.8) is 0 Å². The fraction of sp³-hybridized carbons (Fsp3) is 0.625. The van der Waals surface area contributed by atoms with Crippen molar-refractivity contribution in [2.24, 2.45) is 11.8 Å². The van der Waals surface area contributed by atoms with E-state index >= 15 is 0 Å². The van der Waals surface area contributed by atoms with Crippen molar-refractivity contribution in [1.29, 1.82) is 0 Å². The van der Waals surface area contributed by atoms with E-state index in [-0.39, 0.29) is 10.9 Å². The molecule has 0 amide bonds.